The van der Waals surface area contributed by atoms with Gasteiger partial charge in [0.25, 0.3) is 0 Å². The lowest BCUT2D eigenvalue weighted by Crippen LogP contribution is -2.29. The number of rotatable bonds is 5. The first-order valence-corrected chi connectivity index (χ1v) is 8.45. The first-order valence-electron chi connectivity index (χ1n) is 8.45. The van der Waals surface area contributed by atoms with Crippen LogP contribution >= 0.6 is 0 Å². The lowest BCUT2D eigenvalue weighted by Gasteiger charge is -2.26. The number of hydrogen-bond donors (Lipinski definition) is 1. The Morgan fingerprint density at radius 3 is 2.43 bits per heavy atom. The second-order valence-electron chi connectivity index (χ2n) is 6.25. The minimum Gasteiger partial charge on any atom is -0.326 e. The molecule has 3 heteroatoms. The smallest absolute Gasteiger partial charge is 0.228 e. The van der Waals surface area contributed by atoms with E-state index in [2.05, 4.69) is 22.3 Å². The maximum atomic E-state index is 12.2. The van der Waals surface area contributed by atoms with Crippen LogP contribution in [0.2, 0.25) is 0 Å². The summed E-state index contributed by atoms with van der Waals surface area (Å²) < 4.78 is 0. The van der Waals surface area contributed by atoms with Crippen LogP contribution in [-0.4, -0.2) is 23.9 Å². The van der Waals surface area contributed by atoms with E-state index in [0.717, 1.165) is 17.8 Å². The third kappa shape index (κ3) is 4.93. The Hall–Kier alpha value is -2.13. The van der Waals surface area contributed by atoms with Gasteiger partial charge >= 0.3 is 0 Å². The summed E-state index contributed by atoms with van der Waals surface area (Å²) in [5.74, 6) is 0.0336. The Balaban J connectivity index is 1.57. The van der Waals surface area contributed by atoms with Gasteiger partial charge in [-0.2, -0.15) is 0 Å². The lowest BCUT2D eigenvalue weighted by molar-refractivity contribution is -0.115. The fourth-order valence-corrected chi connectivity index (χ4v) is 3.11. The summed E-state index contributed by atoms with van der Waals surface area (Å²) in [5, 5.41) is 3.01. The largest absolute Gasteiger partial charge is 0.326 e. The highest BCUT2D eigenvalue weighted by molar-refractivity contribution is 5.92. The zero-order chi connectivity index (χ0) is 15.9. The Bertz CT molecular complexity index is 633. The van der Waals surface area contributed by atoms with Gasteiger partial charge in [0.1, 0.15) is 0 Å². The predicted molar refractivity (Wildman–Crippen MR) is 94.3 cm³/mol. The number of carbonyl (C=O) groups excluding carboxylic acids is 1. The summed E-state index contributed by atoms with van der Waals surface area (Å²) in [6.07, 6.45) is 4.37. The lowest BCUT2D eigenvalue weighted by atomic mass is 10.1. The van der Waals surface area contributed by atoms with E-state index in [-0.39, 0.29) is 5.91 Å². The van der Waals surface area contributed by atoms with Gasteiger partial charge in [0.2, 0.25) is 5.91 Å². The van der Waals surface area contributed by atoms with Gasteiger partial charge < -0.3 is 5.32 Å². The van der Waals surface area contributed by atoms with Crippen LogP contribution in [0.15, 0.2) is 54.6 Å². The van der Waals surface area contributed by atoms with Crippen molar-refractivity contribution in [1.29, 1.82) is 0 Å². The molecule has 0 aromatic heterocycles. The van der Waals surface area contributed by atoms with Crippen LogP contribution in [-0.2, 0) is 17.8 Å². The molecule has 1 amide bonds. The molecule has 0 bridgehead atoms. The Labute approximate surface area is 138 Å². The molecule has 3 nitrogen and oxygen atoms in total. The van der Waals surface area contributed by atoms with Gasteiger partial charge in [-0.05, 0) is 49.2 Å². The second kappa shape index (κ2) is 7.93. The molecule has 3 rings (SSSR count). The number of carbonyl (C=O) groups is 1. The van der Waals surface area contributed by atoms with Crippen molar-refractivity contribution >= 4 is 11.6 Å². The Morgan fingerprint density at radius 2 is 1.65 bits per heavy atom. The molecule has 0 atom stereocenters. The molecule has 23 heavy (non-hydrogen) atoms. The number of benzene rings is 2. The minimum atomic E-state index is 0.0336. The van der Waals surface area contributed by atoms with Crippen LogP contribution in [0.4, 0.5) is 5.69 Å². The maximum absolute atomic E-state index is 12.2. The highest BCUT2D eigenvalue weighted by Gasteiger charge is 2.11. The monoisotopic (exact) mass is 308 g/mol. The van der Waals surface area contributed by atoms with Crippen LogP contribution in [0.1, 0.15) is 30.4 Å². The van der Waals surface area contributed by atoms with Crippen LogP contribution in [0.5, 0.6) is 0 Å². The van der Waals surface area contributed by atoms with Gasteiger partial charge in [0.05, 0.1) is 6.42 Å². The van der Waals surface area contributed by atoms with Crippen LogP contribution in [0, 0.1) is 0 Å². The van der Waals surface area contributed by atoms with E-state index >= 15 is 0 Å². The number of anilines is 1. The molecule has 1 saturated heterocycles. The second-order valence-corrected chi connectivity index (χ2v) is 6.25. The van der Waals surface area contributed by atoms with Crippen LogP contribution in [0.25, 0.3) is 0 Å². The highest BCUT2D eigenvalue weighted by Crippen LogP contribution is 2.16. The van der Waals surface area contributed by atoms with Crippen molar-refractivity contribution in [2.75, 3.05) is 18.4 Å². The standard InChI is InChI=1S/C20H24N2O/c23-20(15-17-8-3-1-4-9-17)21-19-11-7-10-18(14-19)16-22-12-5-2-6-13-22/h1,3-4,7-11,14H,2,5-6,12-13,15-16H2,(H,21,23). The van der Waals surface area contributed by atoms with Gasteiger partial charge in [-0.15, -0.1) is 0 Å². The summed E-state index contributed by atoms with van der Waals surface area (Å²) in [6.45, 7) is 3.34. The van der Waals surface area contributed by atoms with E-state index in [1.807, 2.05) is 42.5 Å². The van der Waals surface area contributed by atoms with E-state index < -0.39 is 0 Å². The number of hydrogen-bond acceptors (Lipinski definition) is 2. The van der Waals surface area contributed by atoms with Crippen molar-refractivity contribution in [3.8, 4) is 0 Å². The fourth-order valence-electron chi connectivity index (χ4n) is 3.11. The third-order valence-corrected chi connectivity index (χ3v) is 4.27. The van der Waals surface area contributed by atoms with E-state index in [1.165, 1.54) is 37.9 Å². The zero-order valence-electron chi connectivity index (χ0n) is 13.5. The molecule has 0 radical (unpaired) electrons. The topological polar surface area (TPSA) is 32.3 Å². The Kier molecular flexibility index (Phi) is 5.43. The molecule has 120 valence electrons. The summed E-state index contributed by atoms with van der Waals surface area (Å²) in [6, 6.07) is 18.1. The van der Waals surface area contributed by atoms with Crippen LogP contribution in [0.3, 0.4) is 0 Å². The number of likely N-dealkylation sites (tertiary alicyclic amines) is 1. The highest BCUT2D eigenvalue weighted by atomic mass is 16.1. The van der Waals surface area contributed by atoms with E-state index in [0.29, 0.717) is 6.42 Å². The van der Waals surface area contributed by atoms with E-state index in [4.69, 9.17) is 0 Å². The summed E-state index contributed by atoms with van der Waals surface area (Å²) in [7, 11) is 0. The summed E-state index contributed by atoms with van der Waals surface area (Å²) >= 11 is 0. The van der Waals surface area contributed by atoms with Crippen molar-refractivity contribution < 1.29 is 4.79 Å². The average Bonchev–Trinajstić information content (AvgIpc) is 2.57. The van der Waals surface area contributed by atoms with E-state index in [9.17, 15) is 4.79 Å². The van der Waals surface area contributed by atoms with Gasteiger partial charge in [0, 0.05) is 12.2 Å². The Morgan fingerprint density at radius 1 is 0.913 bits per heavy atom. The molecule has 0 unspecified atom stereocenters. The number of amides is 1. The van der Waals surface area contributed by atoms with Crippen molar-refractivity contribution in [2.45, 2.75) is 32.2 Å². The van der Waals surface area contributed by atoms with E-state index in [1.54, 1.807) is 0 Å². The minimum absolute atomic E-state index is 0.0336. The van der Waals surface area contributed by atoms with Gasteiger partial charge in [-0.25, -0.2) is 0 Å². The molecule has 1 N–H and O–H groups in total. The molecular formula is C20H24N2O. The summed E-state index contributed by atoms with van der Waals surface area (Å²) in [5.41, 5.74) is 3.19. The van der Waals surface area contributed by atoms with Crippen LogP contribution < -0.4 is 5.32 Å². The molecule has 1 aliphatic rings. The number of nitrogens with zero attached hydrogens (tertiary/aromatic N) is 1. The summed E-state index contributed by atoms with van der Waals surface area (Å²) in [4.78, 5) is 14.7. The van der Waals surface area contributed by atoms with Gasteiger partial charge in [0.15, 0.2) is 0 Å². The zero-order valence-corrected chi connectivity index (χ0v) is 13.5. The predicted octanol–water partition coefficient (Wildman–Crippen LogP) is 3.85. The number of piperidine rings is 1. The average molecular weight is 308 g/mol. The SMILES string of the molecule is O=C(Cc1ccccc1)Nc1cccc(CN2CCCCC2)c1. The molecule has 1 fully saturated rings. The molecule has 0 spiro atoms. The first-order chi connectivity index (χ1) is 11.3. The van der Waals surface area contributed by atoms with Crippen molar-refractivity contribution in [2.24, 2.45) is 0 Å². The van der Waals surface area contributed by atoms with Crippen molar-refractivity contribution in [1.82, 2.24) is 4.90 Å². The molecule has 2 aromatic rings. The molecule has 0 aliphatic carbocycles. The molecule has 1 aliphatic heterocycles. The van der Waals surface area contributed by atoms with Crippen molar-refractivity contribution in [3.05, 3.63) is 65.7 Å². The normalized spacial score (nSPS) is 15.3. The molecule has 2 aromatic carbocycles. The first kappa shape index (κ1) is 15.8. The quantitative estimate of drug-likeness (QED) is 0.910. The fraction of sp³-hybridized carbons (Fsp3) is 0.350. The van der Waals surface area contributed by atoms with Crippen molar-refractivity contribution in [3.63, 3.8) is 0 Å². The molecule has 1 heterocycles. The molecule has 0 saturated carbocycles. The maximum Gasteiger partial charge on any atom is 0.228 e. The van der Waals surface area contributed by atoms with Gasteiger partial charge in [-0.3, -0.25) is 9.69 Å². The number of nitrogens with one attached hydrogen (secondary N) is 1. The van der Waals surface area contributed by atoms with Gasteiger partial charge in [-0.1, -0.05) is 48.9 Å². The molecular weight excluding hydrogens is 284 g/mol. The third-order valence-electron chi connectivity index (χ3n) is 4.27.